The normalized spacial score (nSPS) is 13.8. The average molecular weight is 605 g/mol. The first-order chi connectivity index (χ1) is 19.4. The van der Waals surface area contributed by atoms with E-state index in [0.29, 0.717) is 11.3 Å². The van der Waals surface area contributed by atoms with Crippen molar-refractivity contribution in [3.8, 4) is 11.4 Å². The van der Waals surface area contributed by atoms with Crippen molar-refractivity contribution >= 4 is 46.7 Å². The number of hydrogen-bond acceptors (Lipinski definition) is 9. The number of aromatic nitrogens is 3. The summed E-state index contributed by atoms with van der Waals surface area (Å²) in [7, 11) is 1.48. The van der Waals surface area contributed by atoms with Crippen LogP contribution in [0.1, 0.15) is 55.6 Å². The molecule has 3 aromatic rings. The van der Waals surface area contributed by atoms with E-state index in [0.717, 1.165) is 23.7 Å². The summed E-state index contributed by atoms with van der Waals surface area (Å²) in [6.45, 7) is 5.33. The summed E-state index contributed by atoms with van der Waals surface area (Å²) in [4.78, 5) is 47.2. The number of nitrogens with one attached hydrogen (secondary N) is 2. The SMILES string of the molecule is COC[C@H](NC(=O)OC(C)(C)C)c1cncc(NC(=O)c2c(N)ncn(-c3c(Cl)cc(OC4CC4)cc3Cl)c2=O)c1. The minimum Gasteiger partial charge on any atom is -0.490 e. The Balaban J connectivity index is 1.59. The number of nitrogen functional groups attached to an aromatic ring is 1. The maximum absolute atomic E-state index is 13.4. The van der Waals surface area contributed by atoms with Gasteiger partial charge in [-0.05, 0) is 45.2 Å². The molecule has 1 aliphatic carbocycles. The van der Waals surface area contributed by atoms with Gasteiger partial charge in [0.25, 0.3) is 11.5 Å². The second kappa shape index (κ2) is 12.3. The molecule has 2 heterocycles. The van der Waals surface area contributed by atoms with Crippen molar-refractivity contribution in [2.45, 2.75) is 51.4 Å². The molecule has 12 nitrogen and oxygen atoms in total. The number of nitrogens with zero attached hydrogens (tertiary/aromatic N) is 3. The van der Waals surface area contributed by atoms with Crippen LogP contribution < -0.4 is 26.7 Å². The molecule has 1 fully saturated rings. The largest absolute Gasteiger partial charge is 0.490 e. The van der Waals surface area contributed by atoms with Gasteiger partial charge < -0.3 is 30.6 Å². The Morgan fingerprint density at radius 2 is 1.85 bits per heavy atom. The van der Waals surface area contributed by atoms with Crippen LogP contribution in [0.25, 0.3) is 5.69 Å². The molecule has 41 heavy (non-hydrogen) atoms. The number of nitrogens with two attached hydrogens (primary N) is 1. The highest BCUT2D eigenvalue weighted by atomic mass is 35.5. The van der Waals surface area contributed by atoms with Gasteiger partial charge in [0.05, 0.1) is 46.4 Å². The Morgan fingerprint density at radius 1 is 1.17 bits per heavy atom. The zero-order chi connectivity index (χ0) is 29.9. The van der Waals surface area contributed by atoms with Crippen molar-refractivity contribution < 1.29 is 23.8 Å². The maximum Gasteiger partial charge on any atom is 0.408 e. The van der Waals surface area contributed by atoms with Crippen molar-refractivity contribution in [3.63, 3.8) is 0 Å². The Labute approximate surface area is 246 Å². The molecular weight excluding hydrogens is 575 g/mol. The van der Waals surface area contributed by atoms with Gasteiger partial charge in [-0.15, -0.1) is 0 Å². The zero-order valence-corrected chi connectivity index (χ0v) is 24.4. The van der Waals surface area contributed by atoms with Crippen LogP contribution in [0.4, 0.5) is 16.3 Å². The van der Waals surface area contributed by atoms with Gasteiger partial charge >= 0.3 is 6.09 Å². The number of anilines is 2. The van der Waals surface area contributed by atoms with Gasteiger partial charge in [-0.1, -0.05) is 23.2 Å². The van der Waals surface area contributed by atoms with Gasteiger partial charge in [0.1, 0.15) is 29.1 Å². The first-order valence-electron chi connectivity index (χ1n) is 12.6. The van der Waals surface area contributed by atoms with E-state index in [1.165, 1.54) is 19.5 Å². The Morgan fingerprint density at radius 3 is 2.46 bits per heavy atom. The van der Waals surface area contributed by atoms with Crippen LogP contribution in [-0.2, 0) is 9.47 Å². The lowest BCUT2D eigenvalue weighted by atomic mass is 10.1. The van der Waals surface area contributed by atoms with Crippen LogP contribution in [0.3, 0.4) is 0 Å². The monoisotopic (exact) mass is 604 g/mol. The smallest absolute Gasteiger partial charge is 0.408 e. The van der Waals surface area contributed by atoms with Crippen LogP contribution in [0.2, 0.25) is 10.0 Å². The van der Waals surface area contributed by atoms with E-state index in [-0.39, 0.29) is 39.9 Å². The highest BCUT2D eigenvalue weighted by molar-refractivity contribution is 6.38. The second-order valence-corrected chi connectivity index (χ2v) is 11.2. The van der Waals surface area contributed by atoms with Gasteiger partial charge in [0, 0.05) is 25.4 Å². The van der Waals surface area contributed by atoms with Gasteiger partial charge in [0.2, 0.25) is 0 Å². The van der Waals surface area contributed by atoms with E-state index in [1.807, 2.05) is 0 Å². The summed E-state index contributed by atoms with van der Waals surface area (Å²) in [5, 5.41) is 5.59. The molecule has 14 heteroatoms. The molecule has 1 aliphatic rings. The number of halogens is 2. The van der Waals surface area contributed by atoms with Crippen LogP contribution in [0.5, 0.6) is 5.75 Å². The molecule has 0 bridgehead atoms. The summed E-state index contributed by atoms with van der Waals surface area (Å²) in [5.74, 6) is -0.656. The molecule has 0 unspecified atom stereocenters. The fourth-order valence-corrected chi connectivity index (χ4v) is 4.46. The quantitative estimate of drug-likeness (QED) is 0.319. The summed E-state index contributed by atoms with van der Waals surface area (Å²) >= 11 is 12.9. The fourth-order valence-electron chi connectivity index (χ4n) is 3.81. The molecule has 0 radical (unpaired) electrons. The Hall–Kier alpha value is -3.87. The standard InChI is InChI=1S/C27H30Cl2N6O6/c1-27(2,3)41-26(38)34-20(12-39-4)14-7-15(11-31-10-14)33-24(36)21-23(30)32-13-35(25(21)37)22-18(28)8-17(9-19(22)29)40-16-5-6-16/h7-11,13,16,20H,5-6,12,30H2,1-4H3,(H,33,36)(H,34,38)/t20-/m0/s1. The number of amides is 2. The third-order valence-corrected chi connectivity index (χ3v) is 6.31. The third kappa shape index (κ3) is 7.66. The topological polar surface area (TPSA) is 160 Å². The lowest BCUT2D eigenvalue weighted by molar-refractivity contribution is 0.0467. The molecule has 0 aliphatic heterocycles. The van der Waals surface area contributed by atoms with E-state index < -0.39 is 34.8 Å². The second-order valence-electron chi connectivity index (χ2n) is 10.3. The van der Waals surface area contributed by atoms with Crippen molar-refractivity contribution in [2.75, 3.05) is 24.8 Å². The van der Waals surface area contributed by atoms with E-state index >= 15 is 0 Å². The Kier molecular flexibility index (Phi) is 9.05. The van der Waals surface area contributed by atoms with Crippen LogP contribution >= 0.6 is 23.2 Å². The zero-order valence-electron chi connectivity index (χ0n) is 22.9. The molecule has 1 atom stereocenters. The van der Waals surface area contributed by atoms with Gasteiger partial charge in [-0.3, -0.25) is 19.1 Å². The van der Waals surface area contributed by atoms with Crippen LogP contribution in [0, 0.1) is 0 Å². The van der Waals surface area contributed by atoms with E-state index in [2.05, 4.69) is 20.6 Å². The number of benzene rings is 1. The summed E-state index contributed by atoms with van der Waals surface area (Å²) in [6, 6.07) is 4.02. The molecular formula is C27H30Cl2N6O6. The van der Waals surface area contributed by atoms with Crippen molar-refractivity contribution in [1.82, 2.24) is 19.9 Å². The highest BCUT2D eigenvalue weighted by Crippen LogP contribution is 2.35. The lowest BCUT2D eigenvalue weighted by Gasteiger charge is -2.23. The number of rotatable bonds is 9. The number of methoxy groups -OCH3 is 1. The molecule has 2 amide bonds. The fraction of sp³-hybridized carbons (Fsp3) is 0.370. The van der Waals surface area contributed by atoms with Crippen molar-refractivity contribution in [1.29, 1.82) is 0 Å². The van der Waals surface area contributed by atoms with E-state index in [9.17, 15) is 14.4 Å². The molecule has 4 N–H and O–H groups in total. The predicted octanol–water partition coefficient (Wildman–Crippen LogP) is 4.52. The number of carbonyl (C=O) groups is 2. The minimum absolute atomic E-state index is 0.102. The summed E-state index contributed by atoms with van der Waals surface area (Å²) in [6.07, 6.45) is 5.38. The molecule has 218 valence electrons. The molecule has 1 aromatic carbocycles. The number of ether oxygens (including phenoxy) is 3. The van der Waals surface area contributed by atoms with Crippen LogP contribution in [0.15, 0.2) is 41.7 Å². The number of pyridine rings is 1. The average Bonchev–Trinajstić information content (AvgIpc) is 3.68. The predicted molar refractivity (Wildman–Crippen MR) is 154 cm³/mol. The molecule has 0 spiro atoms. The first-order valence-corrected chi connectivity index (χ1v) is 13.4. The molecule has 4 rings (SSSR count). The number of alkyl carbamates (subject to hydrolysis) is 1. The third-order valence-electron chi connectivity index (χ3n) is 5.73. The van der Waals surface area contributed by atoms with E-state index in [1.54, 1.807) is 39.0 Å². The van der Waals surface area contributed by atoms with E-state index in [4.69, 9.17) is 43.1 Å². The maximum atomic E-state index is 13.4. The highest BCUT2D eigenvalue weighted by Gasteiger charge is 2.26. The number of carbonyl (C=O) groups excluding carboxylic acids is 2. The number of hydrogen-bond donors (Lipinski definition) is 3. The van der Waals surface area contributed by atoms with Gasteiger partial charge in [-0.2, -0.15) is 0 Å². The lowest BCUT2D eigenvalue weighted by Crippen LogP contribution is -2.36. The van der Waals surface area contributed by atoms with Crippen molar-refractivity contribution in [2.24, 2.45) is 0 Å². The summed E-state index contributed by atoms with van der Waals surface area (Å²) < 4.78 is 17.3. The summed E-state index contributed by atoms with van der Waals surface area (Å²) in [5.41, 5.74) is 4.89. The van der Waals surface area contributed by atoms with Crippen molar-refractivity contribution in [3.05, 3.63) is 68.4 Å². The van der Waals surface area contributed by atoms with Gasteiger partial charge in [0.15, 0.2) is 0 Å². The first kappa shape index (κ1) is 30.1. The Bertz CT molecular complexity index is 1500. The van der Waals surface area contributed by atoms with Gasteiger partial charge in [-0.25, -0.2) is 9.78 Å². The molecule has 1 saturated carbocycles. The minimum atomic E-state index is -0.836. The van der Waals surface area contributed by atoms with Crippen LogP contribution in [-0.4, -0.2) is 52.0 Å². The molecule has 0 saturated heterocycles. The molecule has 2 aromatic heterocycles.